The molecule has 0 aromatic heterocycles. The maximum absolute atomic E-state index is 13.8. The first kappa shape index (κ1) is 33.4. The fraction of sp³-hybridized carbons (Fsp3) is 0.457. The standard InChI is InChI=1S/C35H46NO7P/c1-22(2)30-18-27(14-15-32(30)41-35-34(42-35)23(3)4)19-31-25(7)16-29(17-26(31)8)39-21-44(38,36-20-33(37)40-24(5)6)43-28-12-10-9-11-13-28/h10,12-18,22,24,35H,9,11,19-21H2,1-8H3,(H,36,38). The molecule has 2 aromatic carbocycles. The van der Waals surface area contributed by atoms with Crippen molar-refractivity contribution in [2.75, 3.05) is 12.9 Å². The van der Waals surface area contributed by atoms with Crippen LogP contribution in [0.5, 0.6) is 11.5 Å². The smallest absolute Gasteiger partial charge is 0.354 e. The highest BCUT2D eigenvalue weighted by atomic mass is 31.2. The van der Waals surface area contributed by atoms with E-state index in [0.717, 1.165) is 53.0 Å². The van der Waals surface area contributed by atoms with Gasteiger partial charge in [-0.1, -0.05) is 32.1 Å². The molecule has 1 N–H and O–H groups in total. The molecule has 0 spiro atoms. The minimum absolute atomic E-state index is 0.246. The lowest BCUT2D eigenvalue weighted by Crippen LogP contribution is -2.27. The van der Waals surface area contributed by atoms with Crippen molar-refractivity contribution in [3.05, 3.63) is 93.5 Å². The average molecular weight is 624 g/mol. The number of aryl methyl sites for hydroxylation is 2. The number of ether oxygens (including phenoxy) is 4. The zero-order valence-corrected chi connectivity index (χ0v) is 28.1. The van der Waals surface area contributed by atoms with E-state index >= 15 is 0 Å². The summed E-state index contributed by atoms with van der Waals surface area (Å²) in [6.45, 7) is 15.8. The molecule has 1 heterocycles. The Labute approximate surface area is 262 Å². The van der Waals surface area contributed by atoms with Crippen LogP contribution in [0.15, 0.2) is 65.7 Å². The number of benzene rings is 2. The first-order chi connectivity index (χ1) is 20.8. The number of rotatable bonds is 14. The lowest BCUT2D eigenvalue weighted by atomic mass is 9.93. The molecule has 44 heavy (non-hydrogen) atoms. The lowest BCUT2D eigenvalue weighted by molar-refractivity contribution is -0.145. The maximum atomic E-state index is 13.8. The zero-order valence-electron chi connectivity index (χ0n) is 27.2. The molecule has 238 valence electrons. The van der Waals surface area contributed by atoms with Gasteiger partial charge in [-0.15, -0.1) is 0 Å². The highest BCUT2D eigenvalue weighted by Crippen LogP contribution is 2.46. The molecule has 4 rings (SSSR count). The van der Waals surface area contributed by atoms with E-state index in [0.29, 0.717) is 11.5 Å². The molecule has 0 saturated carbocycles. The number of nitrogens with one attached hydrogen (secondary N) is 1. The van der Waals surface area contributed by atoms with Gasteiger partial charge >= 0.3 is 13.5 Å². The van der Waals surface area contributed by atoms with Gasteiger partial charge in [0, 0.05) is 0 Å². The van der Waals surface area contributed by atoms with E-state index in [2.05, 4.69) is 44.9 Å². The zero-order chi connectivity index (χ0) is 32.0. The Kier molecular flexibility index (Phi) is 11.0. The summed E-state index contributed by atoms with van der Waals surface area (Å²) in [6.07, 6.45) is 7.27. The van der Waals surface area contributed by atoms with Crippen molar-refractivity contribution < 1.29 is 32.8 Å². The van der Waals surface area contributed by atoms with E-state index in [1.807, 2.05) is 44.2 Å². The number of epoxide rings is 1. The van der Waals surface area contributed by atoms with Crippen LogP contribution in [0.25, 0.3) is 0 Å². The van der Waals surface area contributed by atoms with Crippen molar-refractivity contribution in [1.29, 1.82) is 0 Å². The number of hydrogen-bond acceptors (Lipinski definition) is 7. The van der Waals surface area contributed by atoms with Crippen molar-refractivity contribution in [2.24, 2.45) is 0 Å². The largest absolute Gasteiger partial charge is 0.481 e. The second-order valence-corrected chi connectivity index (χ2v) is 14.3. The number of carbonyl (C=O) groups excluding carboxylic acids is 1. The van der Waals surface area contributed by atoms with Crippen LogP contribution in [0.3, 0.4) is 0 Å². The average Bonchev–Trinajstić information content (AvgIpc) is 3.73. The second-order valence-electron chi connectivity index (χ2n) is 12.2. The molecule has 0 bridgehead atoms. The van der Waals surface area contributed by atoms with Crippen molar-refractivity contribution >= 4 is 13.5 Å². The van der Waals surface area contributed by atoms with Gasteiger partial charge in [0.2, 0.25) is 0 Å². The van der Waals surface area contributed by atoms with Crippen LogP contribution in [0.4, 0.5) is 0 Å². The summed E-state index contributed by atoms with van der Waals surface area (Å²) < 4.78 is 42.6. The normalized spacial score (nSPS) is 17.1. The van der Waals surface area contributed by atoms with Crippen LogP contribution >= 0.6 is 7.52 Å². The molecule has 0 radical (unpaired) electrons. The first-order valence-corrected chi connectivity index (χ1v) is 17.1. The Morgan fingerprint density at radius 2 is 1.80 bits per heavy atom. The van der Waals surface area contributed by atoms with E-state index in [1.54, 1.807) is 19.9 Å². The van der Waals surface area contributed by atoms with Crippen LogP contribution in [-0.2, 0) is 29.8 Å². The van der Waals surface area contributed by atoms with Crippen molar-refractivity contribution in [1.82, 2.24) is 5.09 Å². The van der Waals surface area contributed by atoms with Crippen LogP contribution in [0.1, 0.15) is 88.1 Å². The summed E-state index contributed by atoms with van der Waals surface area (Å²) in [5, 5.41) is 2.77. The molecule has 8 nitrogen and oxygen atoms in total. The third-order valence-electron chi connectivity index (χ3n) is 7.31. The number of esters is 1. The lowest BCUT2D eigenvalue weighted by Gasteiger charge is -2.23. The van der Waals surface area contributed by atoms with Crippen molar-refractivity contribution in [2.45, 2.75) is 93.0 Å². The Bertz CT molecular complexity index is 1480. The number of hydrogen-bond donors (Lipinski definition) is 1. The molecule has 0 amide bonds. The van der Waals surface area contributed by atoms with E-state index in [4.69, 9.17) is 23.5 Å². The minimum atomic E-state index is -3.60. The molecule has 2 atom stereocenters. The van der Waals surface area contributed by atoms with Gasteiger partial charge in [0.05, 0.1) is 6.10 Å². The van der Waals surface area contributed by atoms with Crippen molar-refractivity contribution in [3.63, 3.8) is 0 Å². The van der Waals surface area contributed by atoms with E-state index < -0.39 is 13.5 Å². The summed E-state index contributed by atoms with van der Waals surface area (Å²) >= 11 is 0. The molecular weight excluding hydrogens is 577 g/mol. The first-order valence-electron chi connectivity index (χ1n) is 15.3. The Morgan fingerprint density at radius 3 is 2.39 bits per heavy atom. The van der Waals surface area contributed by atoms with Gasteiger partial charge in [-0.05, 0) is 130 Å². The van der Waals surface area contributed by atoms with Gasteiger partial charge in [-0.25, -0.2) is 5.09 Å². The minimum Gasteiger partial charge on any atom is -0.481 e. The SMILES string of the molecule is CC(C)=C1OC1Oc1ccc(Cc2c(C)cc(OCP(=O)(NCC(=O)OC(C)C)OC3=CCCC=C3)cc2C)cc1C(C)C. The third kappa shape index (κ3) is 9.26. The Balaban J connectivity index is 1.46. The van der Waals surface area contributed by atoms with E-state index in [9.17, 15) is 9.36 Å². The summed E-state index contributed by atoms with van der Waals surface area (Å²) in [6, 6.07) is 10.3. The van der Waals surface area contributed by atoms with Crippen LogP contribution in [-0.4, -0.2) is 31.3 Å². The van der Waals surface area contributed by atoms with Crippen LogP contribution in [0.2, 0.25) is 0 Å². The molecule has 2 unspecified atom stereocenters. The third-order valence-corrected chi connectivity index (χ3v) is 8.93. The highest BCUT2D eigenvalue weighted by molar-refractivity contribution is 7.56. The second kappa shape index (κ2) is 14.5. The number of allylic oxidation sites excluding steroid dienone is 4. The van der Waals surface area contributed by atoms with E-state index in [-0.39, 0.29) is 31.2 Å². The maximum Gasteiger partial charge on any atom is 0.354 e. The molecule has 1 saturated heterocycles. The molecule has 1 aliphatic carbocycles. The topological polar surface area (TPSA) is 95.6 Å². The van der Waals surface area contributed by atoms with Gasteiger partial charge in [-0.3, -0.25) is 9.36 Å². The molecule has 1 fully saturated rings. The summed E-state index contributed by atoms with van der Waals surface area (Å²) in [7, 11) is -3.60. The Morgan fingerprint density at radius 1 is 1.07 bits per heavy atom. The van der Waals surface area contributed by atoms with Gasteiger partial charge in [0.25, 0.3) is 6.29 Å². The summed E-state index contributed by atoms with van der Waals surface area (Å²) in [4.78, 5) is 12.2. The fourth-order valence-electron chi connectivity index (χ4n) is 4.99. The predicted molar refractivity (Wildman–Crippen MR) is 173 cm³/mol. The molecule has 9 heteroatoms. The summed E-state index contributed by atoms with van der Waals surface area (Å²) in [5.74, 6) is 2.61. The number of carbonyl (C=O) groups is 1. The van der Waals surface area contributed by atoms with E-state index in [1.165, 1.54) is 11.1 Å². The van der Waals surface area contributed by atoms with Gasteiger partial charge in [-0.2, -0.15) is 0 Å². The van der Waals surface area contributed by atoms with Gasteiger partial charge < -0.3 is 23.5 Å². The summed E-state index contributed by atoms with van der Waals surface area (Å²) in [5.41, 5.74) is 6.78. The fourth-order valence-corrected chi connectivity index (χ4v) is 6.37. The molecule has 1 aliphatic heterocycles. The van der Waals surface area contributed by atoms with Gasteiger partial charge in [0.15, 0.2) is 12.1 Å². The monoisotopic (exact) mass is 623 g/mol. The molecular formula is C35H46NO7P. The Hall–Kier alpha value is -3.48. The van der Waals surface area contributed by atoms with Gasteiger partial charge in [0.1, 0.15) is 23.8 Å². The molecule has 2 aliphatic rings. The molecule has 2 aromatic rings. The quantitative estimate of drug-likeness (QED) is 0.127. The highest BCUT2D eigenvalue weighted by Gasteiger charge is 2.37. The van der Waals surface area contributed by atoms with Crippen molar-refractivity contribution in [3.8, 4) is 11.5 Å². The predicted octanol–water partition coefficient (Wildman–Crippen LogP) is 8.37. The van der Waals surface area contributed by atoms with Crippen LogP contribution in [0, 0.1) is 13.8 Å². The van der Waals surface area contributed by atoms with Crippen LogP contribution < -0.4 is 14.6 Å².